The number of amides is 4. The minimum atomic E-state index is -0.893. The van der Waals surface area contributed by atoms with Crippen molar-refractivity contribution in [3.8, 4) is 0 Å². The summed E-state index contributed by atoms with van der Waals surface area (Å²) in [6.07, 6.45) is 1.75. The number of imide groups is 1. The maximum Gasteiger partial charge on any atom is 0.322 e. The zero-order valence-electron chi connectivity index (χ0n) is 14.4. The molecule has 2 aliphatic heterocycles. The number of carbonyl (C=O) groups excluding carboxylic acids is 3. The Hall–Kier alpha value is -2.41. The molecule has 0 aromatic heterocycles. The summed E-state index contributed by atoms with van der Waals surface area (Å²) in [6, 6.07) is 9.33. The molecule has 0 saturated carbocycles. The van der Waals surface area contributed by atoms with E-state index in [1.54, 1.807) is 6.92 Å². The maximum atomic E-state index is 12.2. The van der Waals surface area contributed by atoms with Crippen molar-refractivity contribution in [1.82, 2.24) is 20.9 Å². The van der Waals surface area contributed by atoms with E-state index in [9.17, 15) is 14.4 Å². The van der Waals surface area contributed by atoms with E-state index >= 15 is 0 Å². The zero-order chi connectivity index (χ0) is 17.9. The molecule has 7 heteroatoms. The van der Waals surface area contributed by atoms with Crippen molar-refractivity contribution in [3.05, 3.63) is 35.9 Å². The molecule has 0 bridgehead atoms. The van der Waals surface area contributed by atoms with Gasteiger partial charge in [0, 0.05) is 19.0 Å². The lowest BCUT2D eigenvalue weighted by Gasteiger charge is -2.39. The number of nitrogens with one attached hydrogen (secondary N) is 3. The first-order valence-corrected chi connectivity index (χ1v) is 8.64. The SMILES string of the molecule is CC1(C2CCCN(CC(=O)NCc3ccccc3)C2)NC(=O)NC1=O. The molecule has 3 rings (SSSR count). The van der Waals surface area contributed by atoms with Crippen LogP contribution in [0, 0.1) is 5.92 Å². The van der Waals surface area contributed by atoms with Crippen LogP contribution in [-0.2, 0) is 16.1 Å². The molecule has 2 atom stereocenters. The Bertz CT molecular complexity index is 664. The molecule has 4 amide bonds. The van der Waals surface area contributed by atoms with Crippen LogP contribution in [0.15, 0.2) is 30.3 Å². The van der Waals surface area contributed by atoms with Gasteiger partial charge >= 0.3 is 6.03 Å². The number of nitrogens with zero attached hydrogens (tertiary/aromatic N) is 1. The van der Waals surface area contributed by atoms with E-state index in [-0.39, 0.29) is 17.7 Å². The quantitative estimate of drug-likeness (QED) is 0.683. The summed E-state index contributed by atoms with van der Waals surface area (Å²) in [6.45, 7) is 4.00. The fourth-order valence-corrected chi connectivity index (χ4v) is 3.57. The summed E-state index contributed by atoms with van der Waals surface area (Å²) in [7, 11) is 0. The molecule has 134 valence electrons. The lowest BCUT2D eigenvalue weighted by Crippen LogP contribution is -2.56. The van der Waals surface area contributed by atoms with Crippen molar-refractivity contribution in [2.75, 3.05) is 19.6 Å². The molecule has 2 saturated heterocycles. The van der Waals surface area contributed by atoms with E-state index in [4.69, 9.17) is 0 Å². The molecule has 0 aliphatic carbocycles. The van der Waals surface area contributed by atoms with Crippen LogP contribution >= 0.6 is 0 Å². The standard InChI is InChI=1S/C18H24N4O3/c1-18(16(24)20-17(25)21-18)14-8-5-9-22(11-14)12-15(23)19-10-13-6-3-2-4-7-13/h2-4,6-7,14H,5,8-12H2,1H3,(H,19,23)(H2,20,21,24,25). The average molecular weight is 344 g/mol. The molecular weight excluding hydrogens is 320 g/mol. The van der Waals surface area contributed by atoms with E-state index in [0.717, 1.165) is 24.9 Å². The van der Waals surface area contributed by atoms with Crippen LogP contribution in [0.1, 0.15) is 25.3 Å². The third kappa shape index (κ3) is 3.99. The summed E-state index contributed by atoms with van der Waals surface area (Å²) in [5.41, 5.74) is 0.168. The van der Waals surface area contributed by atoms with Crippen LogP contribution in [-0.4, -0.2) is 47.9 Å². The van der Waals surface area contributed by atoms with E-state index in [1.807, 2.05) is 30.3 Å². The highest BCUT2D eigenvalue weighted by Gasteiger charge is 2.48. The van der Waals surface area contributed by atoms with Gasteiger partial charge in [0.15, 0.2) is 0 Å². The summed E-state index contributed by atoms with van der Waals surface area (Å²) in [4.78, 5) is 37.8. The van der Waals surface area contributed by atoms with Crippen LogP contribution in [0.25, 0.3) is 0 Å². The average Bonchev–Trinajstić information content (AvgIpc) is 2.87. The topological polar surface area (TPSA) is 90.5 Å². The number of hydrogen-bond donors (Lipinski definition) is 3. The van der Waals surface area contributed by atoms with E-state index < -0.39 is 11.6 Å². The molecule has 7 nitrogen and oxygen atoms in total. The molecule has 0 radical (unpaired) electrons. The number of likely N-dealkylation sites (tertiary alicyclic amines) is 1. The van der Waals surface area contributed by atoms with Gasteiger partial charge in [0.1, 0.15) is 5.54 Å². The van der Waals surface area contributed by atoms with Crippen LogP contribution < -0.4 is 16.0 Å². The fraction of sp³-hybridized carbons (Fsp3) is 0.500. The Morgan fingerprint density at radius 2 is 2.08 bits per heavy atom. The summed E-state index contributed by atoms with van der Waals surface area (Å²) in [5.74, 6) is -0.318. The van der Waals surface area contributed by atoms with Crippen LogP contribution in [0.3, 0.4) is 0 Å². The van der Waals surface area contributed by atoms with Gasteiger partial charge in [-0.3, -0.25) is 19.8 Å². The Morgan fingerprint density at radius 3 is 2.76 bits per heavy atom. The minimum Gasteiger partial charge on any atom is -0.351 e. The highest BCUT2D eigenvalue weighted by Crippen LogP contribution is 2.29. The fourth-order valence-electron chi connectivity index (χ4n) is 3.57. The van der Waals surface area contributed by atoms with E-state index in [2.05, 4.69) is 20.9 Å². The number of rotatable bonds is 5. The van der Waals surface area contributed by atoms with Gasteiger partial charge in [0.25, 0.3) is 5.91 Å². The third-order valence-corrected chi connectivity index (χ3v) is 5.09. The summed E-state index contributed by atoms with van der Waals surface area (Å²) in [5, 5.41) is 7.98. The van der Waals surface area contributed by atoms with E-state index in [1.165, 1.54) is 0 Å². The highest BCUT2D eigenvalue weighted by atomic mass is 16.2. The van der Waals surface area contributed by atoms with Gasteiger partial charge in [0.2, 0.25) is 5.91 Å². The molecule has 0 spiro atoms. The van der Waals surface area contributed by atoms with Gasteiger partial charge < -0.3 is 10.6 Å². The molecule has 1 aromatic carbocycles. The molecule has 2 aliphatic rings. The molecule has 2 heterocycles. The Labute approximate surface area is 147 Å². The van der Waals surface area contributed by atoms with Crippen molar-refractivity contribution >= 4 is 17.8 Å². The van der Waals surface area contributed by atoms with Crippen molar-refractivity contribution in [2.24, 2.45) is 5.92 Å². The number of carbonyl (C=O) groups is 3. The molecule has 25 heavy (non-hydrogen) atoms. The predicted octanol–water partition coefficient (Wildman–Crippen LogP) is 0.613. The normalized spacial score (nSPS) is 26.8. The van der Waals surface area contributed by atoms with Gasteiger partial charge in [-0.25, -0.2) is 4.79 Å². The second-order valence-electron chi connectivity index (χ2n) is 6.95. The van der Waals surface area contributed by atoms with Gasteiger partial charge in [-0.2, -0.15) is 0 Å². The number of hydrogen-bond acceptors (Lipinski definition) is 4. The minimum absolute atomic E-state index is 0.00498. The first-order chi connectivity index (χ1) is 12.0. The Kier molecular flexibility index (Phi) is 5.03. The maximum absolute atomic E-state index is 12.2. The highest BCUT2D eigenvalue weighted by molar-refractivity contribution is 6.07. The lowest BCUT2D eigenvalue weighted by molar-refractivity contribution is -0.126. The van der Waals surface area contributed by atoms with Gasteiger partial charge in [-0.1, -0.05) is 30.3 Å². The predicted molar refractivity (Wildman–Crippen MR) is 92.5 cm³/mol. The molecular formula is C18H24N4O3. The largest absolute Gasteiger partial charge is 0.351 e. The molecule has 2 unspecified atom stereocenters. The van der Waals surface area contributed by atoms with Gasteiger partial charge in [0.05, 0.1) is 6.54 Å². The molecule has 2 fully saturated rings. The second kappa shape index (κ2) is 7.23. The van der Waals surface area contributed by atoms with Crippen molar-refractivity contribution in [2.45, 2.75) is 31.8 Å². The summed E-state index contributed by atoms with van der Waals surface area (Å²) < 4.78 is 0. The Morgan fingerprint density at radius 1 is 1.32 bits per heavy atom. The first kappa shape index (κ1) is 17.4. The van der Waals surface area contributed by atoms with E-state index in [0.29, 0.717) is 19.6 Å². The second-order valence-corrected chi connectivity index (χ2v) is 6.95. The van der Waals surface area contributed by atoms with Crippen molar-refractivity contribution in [1.29, 1.82) is 0 Å². The monoisotopic (exact) mass is 344 g/mol. The van der Waals surface area contributed by atoms with Gasteiger partial charge in [-0.05, 0) is 31.9 Å². The third-order valence-electron chi connectivity index (χ3n) is 5.09. The smallest absolute Gasteiger partial charge is 0.322 e. The number of urea groups is 1. The number of piperidine rings is 1. The van der Waals surface area contributed by atoms with Crippen LogP contribution in [0.4, 0.5) is 4.79 Å². The first-order valence-electron chi connectivity index (χ1n) is 8.64. The number of benzene rings is 1. The lowest BCUT2D eigenvalue weighted by atomic mass is 9.80. The van der Waals surface area contributed by atoms with Crippen LogP contribution in [0.2, 0.25) is 0 Å². The van der Waals surface area contributed by atoms with Crippen molar-refractivity contribution < 1.29 is 14.4 Å². The Balaban J connectivity index is 1.52. The van der Waals surface area contributed by atoms with Crippen molar-refractivity contribution in [3.63, 3.8) is 0 Å². The molecule has 1 aromatic rings. The zero-order valence-corrected chi connectivity index (χ0v) is 14.4. The summed E-state index contributed by atoms with van der Waals surface area (Å²) >= 11 is 0. The van der Waals surface area contributed by atoms with Crippen LogP contribution in [0.5, 0.6) is 0 Å². The molecule has 3 N–H and O–H groups in total. The van der Waals surface area contributed by atoms with Gasteiger partial charge in [-0.15, -0.1) is 0 Å².